The fraction of sp³-hybridized carbons (Fsp3) is 0.265. The molecule has 0 spiro atoms. The molecule has 4 aromatic rings. The Kier molecular flexibility index (Phi) is 8.93. The van der Waals surface area contributed by atoms with Gasteiger partial charge < -0.3 is 19.7 Å². The minimum absolute atomic E-state index is 0.248. The molecule has 13 heteroatoms. The molecule has 3 amide bonds. The molecule has 0 unspecified atom stereocenters. The van der Waals surface area contributed by atoms with Crippen molar-refractivity contribution in [3.8, 4) is 5.75 Å². The molecule has 0 saturated carbocycles. The number of esters is 1. The van der Waals surface area contributed by atoms with Gasteiger partial charge >= 0.3 is 10.8 Å². The molecule has 1 saturated heterocycles. The van der Waals surface area contributed by atoms with E-state index in [0.29, 0.717) is 32.6 Å². The average molecular weight is 673 g/mol. The minimum Gasteiger partial charge on any atom is -0.497 e. The number of methoxy groups -OCH3 is 1. The number of amides is 3. The summed E-state index contributed by atoms with van der Waals surface area (Å²) in [5.74, 6) is -2.39. The molecule has 0 radical (unpaired) electrons. The monoisotopic (exact) mass is 672 g/mol. The molecular formula is C34H32N4O7S2. The van der Waals surface area contributed by atoms with E-state index >= 15 is 0 Å². The van der Waals surface area contributed by atoms with Crippen molar-refractivity contribution in [3.05, 3.63) is 98.5 Å². The van der Waals surface area contributed by atoms with Gasteiger partial charge in [-0.1, -0.05) is 35.2 Å². The molecule has 6 rings (SSSR count). The number of carbonyl (C=O) groups is 4. The first-order valence-electron chi connectivity index (χ1n) is 14.9. The molecule has 1 aromatic heterocycles. The fourth-order valence-electron chi connectivity index (χ4n) is 5.83. The zero-order valence-corrected chi connectivity index (χ0v) is 27.7. The van der Waals surface area contributed by atoms with Crippen LogP contribution in [-0.4, -0.2) is 61.3 Å². The third kappa shape index (κ3) is 6.03. The molecule has 2 aliphatic rings. The van der Waals surface area contributed by atoms with Gasteiger partial charge in [-0.2, -0.15) is 0 Å². The number of ether oxygens (including phenoxy) is 2. The van der Waals surface area contributed by atoms with Gasteiger partial charge in [0.1, 0.15) is 17.5 Å². The van der Waals surface area contributed by atoms with Gasteiger partial charge in [0.05, 0.1) is 35.9 Å². The molecule has 1 fully saturated rings. The highest BCUT2D eigenvalue weighted by molar-refractivity contribution is 8.00. The Bertz CT molecular complexity index is 1900. The van der Waals surface area contributed by atoms with E-state index in [4.69, 9.17) is 9.47 Å². The lowest BCUT2D eigenvalue weighted by atomic mass is 9.83. The Balaban J connectivity index is 1.34. The highest BCUT2D eigenvalue weighted by Gasteiger charge is 2.56. The topological polar surface area (TPSA) is 127 Å². The summed E-state index contributed by atoms with van der Waals surface area (Å²) in [6.07, 6.45) is 0. The van der Waals surface area contributed by atoms with Gasteiger partial charge in [-0.05, 0) is 73.2 Å². The van der Waals surface area contributed by atoms with E-state index in [1.807, 2.05) is 43.3 Å². The Morgan fingerprint density at radius 2 is 1.60 bits per heavy atom. The van der Waals surface area contributed by atoms with Gasteiger partial charge in [-0.3, -0.25) is 23.7 Å². The second-order valence-corrected chi connectivity index (χ2v) is 13.3. The van der Waals surface area contributed by atoms with Crippen molar-refractivity contribution in [3.63, 3.8) is 0 Å². The first-order chi connectivity index (χ1) is 22.6. The van der Waals surface area contributed by atoms with Crippen LogP contribution in [-0.2, 0) is 25.7 Å². The second kappa shape index (κ2) is 13.1. The predicted octanol–water partition coefficient (Wildman–Crippen LogP) is 4.60. The minimum atomic E-state index is -0.811. The lowest BCUT2D eigenvalue weighted by Crippen LogP contribution is -2.33. The van der Waals surface area contributed by atoms with Crippen molar-refractivity contribution in [2.45, 2.75) is 29.7 Å². The summed E-state index contributed by atoms with van der Waals surface area (Å²) >= 11 is 2.14. The smallest absolute Gasteiger partial charge is 0.338 e. The van der Waals surface area contributed by atoms with E-state index in [1.54, 1.807) is 62.6 Å². The first kappa shape index (κ1) is 32.1. The Labute approximate surface area is 279 Å². The standard InChI is InChI=1S/C34H32N4O7S2/c1-5-45-33(42)20-6-10-21(11-7-20)35-25(39)18-37-32-29(47-34(37)43)26(19-8-12-22(13-9-19)36(2)3)27-28(46-32)31(41)38(30(27)40)23-14-16-24(44-4)17-15-23/h6-17,26-28H,5,18H2,1-4H3,(H,35,39)/t26-,27-,28+/m0/s1. The number of carbonyl (C=O) groups excluding carboxylic acids is 4. The Hall–Kier alpha value is -4.88. The third-order valence-corrected chi connectivity index (χ3v) is 10.7. The fourth-order valence-corrected chi connectivity index (χ4v) is 8.60. The van der Waals surface area contributed by atoms with Crippen LogP contribution in [0.4, 0.5) is 17.1 Å². The number of rotatable bonds is 9. The molecule has 3 aromatic carbocycles. The number of nitrogens with one attached hydrogen (secondary N) is 1. The van der Waals surface area contributed by atoms with Crippen molar-refractivity contribution in [1.82, 2.24) is 4.57 Å². The SMILES string of the molecule is CCOC(=O)c1ccc(NC(=O)Cn2c3c(sc2=O)[C@@H](c2ccc(N(C)C)cc2)[C@@H]2C(=O)N(c4ccc(OC)cc4)C(=O)[C@@H]2S3)cc1. The summed E-state index contributed by atoms with van der Waals surface area (Å²) in [6.45, 7) is 1.67. The largest absolute Gasteiger partial charge is 0.497 e. The maximum absolute atomic E-state index is 14.1. The number of nitrogens with zero attached hydrogens (tertiary/aromatic N) is 3. The predicted molar refractivity (Wildman–Crippen MR) is 181 cm³/mol. The average Bonchev–Trinajstić information content (AvgIpc) is 3.51. The Morgan fingerprint density at radius 3 is 2.21 bits per heavy atom. The van der Waals surface area contributed by atoms with Crippen molar-refractivity contribution in [2.75, 3.05) is 42.9 Å². The summed E-state index contributed by atoms with van der Waals surface area (Å²) in [5.41, 5.74) is 2.99. The molecule has 1 N–H and O–H groups in total. The summed E-state index contributed by atoms with van der Waals surface area (Å²) in [6, 6.07) is 20.7. The van der Waals surface area contributed by atoms with E-state index in [1.165, 1.54) is 9.47 Å². The normalized spacial score (nSPS) is 18.4. The van der Waals surface area contributed by atoms with Gasteiger partial charge in [0.2, 0.25) is 17.7 Å². The molecule has 47 heavy (non-hydrogen) atoms. The maximum atomic E-state index is 14.1. The zero-order chi connectivity index (χ0) is 33.4. The molecule has 3 heterocycles. The number of thiazole rings is 1. The first-order valence-corrected chi connectivity index (χ1v) is 16.6. The number of aromatic nitrogens is 1. The number of imide groups is 1. The van der Waals surface area contributed by atoms with Gasteiger partial charge in [0.15, 0.2) is 0 Å². The quantitative estimate of drug-likeness (QED) is 0.201. The van der Waals surface area contributed by atoms with Gasteiger partial charge in [-0.15, -0.1) is 0 Å². The van der Waals surface area contributed by atoms with E-state index in [0.717, 1.165) is 34.3 Å². The van der Waals surface area contributed by atoms with Crippen LogP contribution in [0.2, 0.25) is 0 Å². The number of hydrogen-bond acceptors (Lipinski definition) is 10. The molecule has 3 atom stereocenters. The summed E-state index contributed by atoms with van der Waals surface area (Å²) in [4.78, 5) is 70.2. The van der Waals surface area contributed by atoms with Gasteiger partial charge in [0, 0.05) is 36.3 Å². The maximum Gasteiger partial charge on any atom is 0.338 e. The summed E-state index contributed by atoms with van der Waals surface area (Å²) in [7, 11) is 5.40. The highest BCUT2D eigenvalue weighted by atomic mass is 32.2. The summed E-state index contributed by atoms with van der Waals surface area (Å²) in [5, 5.41) is 2.46. The van der Waals surface area contributed by atoms with Gasteiger partial charge in [-0.25, -0.2) is 9.69 Å². The number of thioether (sulfide) groups is 1. The van der Waals surface area contributed by atoms with Crippen LogP contribution in [0.1, 0.15) is 33.6 Å². The van der Waals surface area contributed by atoms with E-state index in [-0.39, 0.29) is 29.8 Å². The lowest BCUT2D eigenvalue weighted by Gasteiger charge is -2.31. The molecule has 0 aliphatic carbocycles. The third-order valence-electron chi connectivity index (χ3n) is 8.13. The van der Waals surface area contributed by atoms with Crippen LogP contribution < -0.4 is 24.7 Å². The van der Waals surface area contributed by atoms with Gasteiger partial charge in [0.25, 0.3) is 0 Å². The Morgan fingerprint density at radius 1 is 0.915 bits per heavy atom. The lowest BCUT2D eigenvalue weighted by molar-refractivity contribution is -0.122. The van der Waals surface area contributed by atoms with Crippen molar-refractivity contribution < 1.29 is 28.7 Å². The molecular weight excluding hydrogens is 641 g/mol. The van der Waals surface area contributed by atoms with Crippen molar-refractivity contribution >= 4 is 63.9 Å². The molecule has 242 valence electrons. The van der Waals surface area contributed by atoms with E-state index in [2.05, 4.69) is 5.32 Å². The summed E-state index contributed by atoms with van der Waals surface area (Å²) < 4.78 is 11.6. The van der Waals surface area contributed by atoms with Crippen molar-refractivity contribution in [1.29, 1.82) is 0 Å². The van der Waals surface area contributed by atoms with E-state index < -0.39 is 29.0 Å². The molecule has 0 bridgehead atoms. The van der Waals surface area contributed by atoms with Crippen LogP contribution in [0.15, 0.2) is 82.6 Å². The van der Waals surface area contributed by atoms with Crippen LogP contribution in [0, 0.1) is 5.92 Å². The molecule has 2 aliphatic heterocycles. The number of benzene rings is 3. The highest BCUT2D eigenvalue weighted by Crippen LogP contribution is 2.54. The van der Waals surface area contributed by atoms with Crippen LogP contribution >= 0.6 is 23.1 Å². The number of anilines is 3. The second-order valence-electron chi connectivity index (χ2n) is 11.2. The number of fused-ring (bicyclic) bond motifs is 2. The zero-order valence-electron chi connectivity index (χ0n) is 26.1. The van der Waals surface area contributed by atoms with Crippen LogP contribution in [0.5, 0.6) is 5.75 Å². The molecule has 11 nitrogen and oxygen atoms in total. The van der Waals surface area contributed by atoms with Crippen molar-refractivity contribution in [2.24, 2.45) is 5.92 Å². The van der Waals surface area contributed by atoms with Crippen LogP contribution in [0.25, 0.3) is 0 Å². The van der Waals surface area contributed by atoms with E-state index in [9.17, 15) is 24.0 Å². The number of hydrogen-bond donors (Lipinski definition) is 1. The van der Waals surface area contributed by atoms with Crippen LogP contribution in [0.3, 0.4) is 0 Å².